The van der Waals surface area contributed by atoms with Crippen molar-refractivity contribution in [2.75, 3.05) is 0 Å². The Hall–Kier alpha value is -1.57. The molecule has 92 valence electrons. The first-order valence-electron chi connectivity index (χ1n) is 6.31. The van der Waals surface area contributed by atoms with Gasteiger partial charge in [0.2, 0.25) is 0 Å². The van der Waals surface area contributed by atoms with Crippen LogP contribution >= 0.6 is 0 Å². The fraction of sp³-hybridized carbons (Fsp3) is 0.400. The second kappa shape index (κ2) is 6.89. The van der Waals surface area contributed by atoms with Crippen LogP contribution in [-0.4, -0.2) is 11.1 Å². The van der Waals surface area contributed by atoms with E-state index in [1.807, 2.05) is 44.2 Å². The molecular formula is C15H21NO. The first-order valence-corrected chi connectivity index (χ1v) is 6.31. The third-order valence-electron chi connectivity index (χ3n) is 2.50. The molecule has 0 saturated heterocycles. The predicted molar refractivity (Wildman–Crippen MR) is 73.5 cm³/mol. The summed E-state index contributed by atoms with van der Waals surface area (Å²) >= 11 is 0. The van der Waals surface area contributed by atoms with Gasteiger partial charge in [-0.2, -0.15) is 0 Å². The van der Waals surface area contributed by atoms with Gasteiger partial charge in [0, 0.05) is 11.6 Å². The third-order valence-corrected chi connectivity index (χ3v) is 2.50. The number of fused-ring (bicyclic) bond motifs is 1. The van der Waals surface area contributed by atoms with Crippen LogP contribution < -0.4 is 4.74 Å². The van der Waals surface area contributed by atoms with Crippen LogP contribution in [-0.2, 0) is 0 Å². The summed E-state index contributed by atoms with van der Waals surface area (Å²) in [5.74, 6) is 0.877. The fourth-order valence-corrected chi connectivity index (χ4v) is 1.47. The Kier molecular flexibility index (Phi) is 5.47. The Balaban J connectivity index is 0.000000686. The lowest BCUT2D eigenvalue weighted by Crippen LogP contribution is -2.10. The second-order valence-electron chi connectivity index (χ2n) is 3.67. The Morgan fingerprint density at radius 3 is 2.59 bits per heavy atom. The predicted octanol–water partition coefficient (Wildman–Crippen LogP) is 4.44. The molecule has 0 fully saturated rings. The molecule has 0 aliphatic heterocycles. The SMILES string of the molecule is CC.CCC(C)Oc1cccc2cccnc12. The van der Waals surface area contributed by atoms with Crippen LogP contribution in [0.1, 0.15) is 34.1 Å². The van der Waals surface area contributed by atoms with E-state index in [2.05, 4.69) is 18.8 Å². The van der Waals surface area contributed by atoms with Crippen molar-refractivity contribution in [3.8, 4) is 5.75 Å². The van der Waals surface area contributed by atoms with Crippen LogP contribution in [0.15, 0.2) is 36.5 Å². The average Bonchev–Trinajstić information content (AvgIpc) is 2.41. The van der Waals surface area contributed by atoms with Gasteiger partial charge in [-0.1, -0.05) is 39.0 Å². The molecule has 2 nitrogen and oxygen atoms in total. The molecule has 0 amide bonds. The minimum Gasteiger partial charge on any atom is -0.488 e. The number of benzene rings is 1. The summed E-state index contributed by atoms with van der Waals surface area (Å²) in [5.41, 5.74) is 0.945. The van der Waals surface area contributed by atoms with E-state index in [-0.39, 0.29) is 6.10 Å². The first kappa shape index (κ1) is 13.5. The maximum absolute atomic E-state index is 5.81. The number of pyridine rings is 1. The number of ether oxygens (including phenoxy) is 1. The summed E-state index contributed by atoms with van der Waals surface area (Å²) in [5, 5.41) is 1.12. The van der Waals surface area contributed by atoms with Gasteiger partial charge in [0.25, 0.3) is 0 Å². The Bertz CT molecular complexity index is 448. The van der Waals surface area contributed by atoms with Gasteiger partial charge < -0.3 is 4.74 Å². The minimum absolute atomic E-state index is 0.234. The largest absolute Gasteiger partial charge is 0.488 e. The zero-order valence-corrected chi connectivity index (χ0v) is 11.1. The molecule has 0 bridgehead atoms. The molecule has 0 radical (unpaired) electrons. The summed E-state index contributed by atoms with van der Waals surface area (Å²) in [7, 11) is 0. The molecule has 2 heteroatoms. The Morgan fingerprint density at radius 2 is 1.88 bits per heavy atom. The van der Waals surface area contributed by atoms with E-state index in [1.165, 1.54) is 0 Å². The van der Waals surface area contributed by atoms with E-state index in [4.69, 9.17) is 4.74 Å². The first-order chi connectivity index (χ1) is 8.31. The highest BCUT2D eigenvalue weighted by molar-refractivity contribution is 5.84. The molecule has 1 aromatic heterocycles. The standard InChI is InChI=1S/C13H15NO.C2H6/c1-3-10(2)15-12-8-4-6-11-7-5-9-14-13(11)12;1-2/h4-10H,3H2,1-2H3;1-2H3. The van der Waals surface area contributed by atoms with Crippen molar-refractivity contribution in [2.45, 2.75) is 40.2 Å². The van der Waals surface area contributed by atoms with Gasteiger partial charge in [0.1, 0.15) is 11.3 Å². The summed E-state index contributed by atoms with van der Waals surface area (Å²) in [6.07, 6.45) is 3.03. The molecule has 0 saturated carbocycles. The van der Waals surface area contributed by atoms with Crippen LogP contribution in [0.3, 0.4) is 0 Å². The molecular weight excluding hydrogens is 210 g/mol. The maximum atomic E-state index is 5.81. The molecule has 1 aromatic carbocycles. The van der Waals surface area contributed by atoms with Crippen molar-refractivity contribution < 1.29 is 4.74 Å². The molecule has 0 aliphatic carbocycles. The van der Waals surface area contributed by atoms with Gasteiger partial charge in [0.05, 0.1) is 6.10 Å². The summed E-state index contributed by atoms with van der Waals surface area (Å²) in [4.78, 5) is 4.34. The van der Waals surface area contributed by atoms with Crippen molar-refractivity contribution in [3.63, 3.8) is 0 Å². The number of hydrogen-bond acceptors (Lipinski definition) is 2. The lowest BCUT2D eigenvalue weighted by Gasteiger charge is -2.13. The van der Waals surface area contributed by atoms with Crippen molar-refractivity contribution in [3.05, 3.63) is 36.5 Å². The fourth-order valence-electron chi connectivity index (χ4n) is 1.47. The Morgan fingerprint density at radius 1 is 1.18 bits per heavy atom. The number of aromatic nitrogens is 1. The summed E-state index contributed by atoms with van der Waals surface area (Å²) in [6, 6.07) is 10.0. The van der Waals surface area contributed by atoms with Crippen LogP contribution in [0.4, 0.5) is 0 Å². The van der Waals surface area contributed by atoms with E-state index in [1.54, 1.807) is 6.20 Å². The monoisotopic (exact) mass is 231 g/mol. The van der Waals surface area contributed by atoms with E-state index >= 15 is 0 Å². The minimum atomic E-state index is 0.234. The molecule has 1 unspecified atom stereocenters. The van der Waals surface area contributed by atoms with Crippen molar-refractivity contribution in [1.82, 2.24) is 4.98 Å². The zero-order valence-electron chi connectivity index (χ0n) is 11.1. The number of rotatable bonds is 3. The molecule has 0 N–H and O–H groups in total. The van der Waals surface area contributed by atoms with Crippen molar-refractivity contribution in [1.29, 1.82) is 0 Å². The van der Waals surface area contributed by atoms with E-state index < -0.39 is 0 Å². The molecule has 1 heterocycles. The second-order valence-corrected chi connectivity index (χ2v) is 3.67. The smallest absolute Gasteiger partial charge is 0.145 e. The highest BCUT2D eigenvalue weighted by Crippen LogP contribution is 2.24. The van der Waals surface area contributed by atoms with Crippen LogP contribution in [0.5, 0.6) is 5.75 Å². The van der Waals surface area contributed by atoms with Gasteiger partial charge in [-0.15, -0.1) is 0 Å². The zero-order chi connectivity index (χ0) is 12.7. The molecule has 17 heavy (non-hydrogen) atoms. The highest BCUT2D eigenvalue weighted by Gasteiger charge is 2.05. The van der Waals surface area contributed by atoms with E-state index in [9.17, 15) is 0 Å². The van der Waals surface area contributed by atoms with Gasteiger partial charge in [-0.05, 0) is 25.5 Å². The lowest BCUT2D eigenvalue weighted by atomic mass is 10.2. The number of nitrogens with zero attached hydrogens (tertiary/aromatic N) is 1. The van der Waals surface area contributed by atoms with Crippen LogP contribution in [0, 0.1) is 0 Å². The summed E-state index contributed by atoms with van der Waals surface area (Å²) < 4.78 is 5.81. The lowest BCUT2D eigenvalue weighted by molar-refractivity contribution is 0.220. The van der Waals surface area contributed by atoms with Gasteiger partial charge in [0.15, 0.2) is 0 Å². The van der Waals surface area contributed by atoms with E-state index in [0.29, 0.717) is 0 Å². The summed E-state index contributed by atoms with van der Waals surface area (Å²) in [6.45, 7) is 8.19. The topological polar surface area (TPSA) is 22.1 Å². The number of hydrogen-bond donors (Lipinski definition) is 0. The molecule has 0 spiro atoms. The number of para-hydroxylation sites is 1. The Labute approximate surface area is 104 Å². The molecule has 2 aromatic rings. The van der Waals surface area contributed by atoms with Crippen LogP contribution in [0.25, 0.3) is 10.9 Å². The molecule has 2 rings (SSSR count). The van der Waals surface area contributed by atoms with Gasteiger partial charge in [-0.25, -0.2) is 0 Å². The molecule has 0 aliphatic rings. The van der Waals surface area contributed by atoms with Crippen molar-refractivity contribution >= 4 is 10.9 Å². The van der Waals surface area contributed by atoms with Crippen LogP contribution in [0.2, 0.25) is 0 Å². The molecule has 1 atom stereocenters. The maximum Gasteiger partial charge on any atom is 0.145 e. The quantitative estimate of drug-likeness (QED) is 0.779. The van der Waals surface area contributed by atoms with Gasteiger partial charge in [-0.3, -0.25) is 4.98 Å². The average molecular weight is 231 g/mol. The van der Waals surface area contributed by atoms with Crippen molar-refractivity contribution in [2.24, 2.45) is 0 Å². The highest BCUT2D eigenvalue weighted by atomic mass is 16.5. The van der Waals surface area contributed by atoms with E-state index in [0.717, 1.165) is 23.1 Å². The normalized spacial score (nSPS) is 11.5. The van der Waals surface area contributed by atoms with Gasteiger partial charge >= 0.3 is 0 Å². The third kappa shape index (κ3) is 3.45.